The van der Waals surface area contributed by atoms with E-state index in [1.807, 2.05) is 24.4 Å². The van der Waals surface area contributed by atoms with E-state index in [0.717, 1.165) is 4.88 Å². The number of esters is 1. The second-order valence-corrected chi connectivity index (χ2v) is 6.04. The van der Waals surface area contributed by atoms with Crippen LogP contribution in [0.25, 0.3) is 10.8 Å². The van der Waals surface area contributed by atoms with Gasteiger partial charge in [-0.15, -0.1) is 21.5 Å². The summed E-state index contributed by atoms with van der Waals surface area (Å²) in [5, 5.41) is 10.0. The lowest BCUT2D eigenvalue weighted by atomic mass is 10.3. The topological polar surface area (TPSA) is 65.2 Å². The highest BCUT2D eigenvalue weighted by molar-refractivity contribution is 8.00. The molecule has 2 aromatic heterocycles. The van der Waals surface area contributed by atoms with Gasteiger partial charge in [-0.3, -0.25) is 4.79 Å². The van der Waals surface area contributed by atoms with Crippen LogP contribution in [0.2, 0.25) is 0 Å². The second kappa shape index (κ2) is 4.74. The summed E-state index contributed by atoms with van der Waals surface area (Å²) in [4.78, 5) is 12.4. The average molecular weight is 282 g/mol. The van der Waals surface area contributed by atoms with Crippen LogP contribution in [0.4, 0.5) is 0 Å². The molecule has 1 aliphatic heterocycles. The predicted molar refractivity (Wildman–Crippen MR) is 67.4 cm³/mol. The Labute approximate surface area is 112 Å². The maximum atomic E-state index is 11.5. The Hall–Kier alpha value is -1.34. The van der Waals surface area contributed by atoms with Crippen LogP contribution in [0.1, 0.15) is 13.3 Å². The van der Waals surface area contributed by atoms with Gasteiger partial charge in [-0.1, -0.05) is 6.07 Å². The Balaban J connectivity index is 1.73. The van der Waals surface area contributed by atoms with Gasteiger partial charge in [-0.25, -0.2) is 0 Å². The molecule has 0 unspecified atom stereocenters. The molecule has 0 saturated carbocycles. The summed E-state index contributed by atoms with van der Waals surface area (Å²) in [5.41, 5.74) is 0. The zero-order valence-electron chi connectivity index (χ0n) is 9.53. The summed E-state index contributed by atoms with van der Waals surface area (Å²) in [6.07, 6.45) is 0.648. The minimum atomic E-state index is -0.239. The van der Waals surface area contributed by atoms with E-state index in [2.05, 4.69) is 10.2 Å². The van der Waals surface area contributed by atoms with Crippen molar-refractivity contribution in [3.63, 3.8) is 0 Å². The lowest BCUT2D eigenvalue weighted by Crippen LogP contribution is -2.09. The van der Waals surface area contributed by atoms with Gasteiger partial charge in [0.25, 0.3) is 11.1 Å². The van der Waals surface area contributed by atoms with Gasteiger partial charge in [-0.2, -0.15) is 0 Å². The van der Waals surface area contributed by atoms with Crippen LogP contribution in [0.5, 0.6) is 0 Å². The number of carbonyl (C=O) groups excluding carboxylic acids is 1. The Bertz CT molecular complexity index is 552. The maximum Gasteiger partial charge on any atom is 0.320 e. The fourth-order valence-electron chi connectivity index (χ4n) is 1.70. The summed E-state index contributed by atoms with van der Waals surface area (Å²) in [7, 11) is 0. The number of thioether (sulfide) groups is 1. The van der Waals surface area contributed by atoms with Gasteiger partial charge in [0.05, 0.1) is 4.88 Å². The zero-order chi connectivity index (χ0) is 12.5. The number of nitrogens with zero attached hydrogens (tertiary/aromatic N) is 2. The summed E-state index contributed by atoms with van der Waals surface area (Å²) in [5.74, 6) is 0.287. The van der Waals surface area contributed by atoms with Crippen molar-refractivity contribution in [2.24, 2.45) is 0 Å². The van der Waals surface area contributed by atoms with E-state index in [1.165, 1.54) is 23.1 Å². The number of rotatable bonds is 3. The smallest absolute Gasteiger partial charge is 0.320 e. The Kier molecular flexibility index (Phi) is 3.09. The second-order valence-electron chi connectivity index (χ2n) is 3.94. The van der Waals surface area contributed by atoms with Crippen molar-refractivity contribution >= 4 is 29.1 Å². The minimum Gasteiger partial charge on any atom is -0.462 e. The van der Waals surface area contributed by atoms with Gasteiger partial charge in [0.15, 0.2) is 0 Å². The maximum absolute atomic E-state index is 11.5. The number of hydrogen-bond acceptors (Lipinski definition) is 7. The van der Waals surface area contributed by atoms with Crippen molar-refractivity contribution in [2.45, 2.75) is 29.9 Å². The van der Waals surface area contributed by atoms with E-state index in [0.29, 0.717) is 17.5 Å². The molecule has 1 aliphatic rings. The van der Waals surface area contributed by atoms with Crippen LogP contribution >= 0.6 is 23.1 Å². The van der Waals surface area contributed by atoms with E-state index in [4.69, 9.17) is 9.15 Å². The largest absolute Gasteiger partial charge is 0.462 e. The van der Waals surface area contributed by atoms with Crippen molar-refractivity contribution in [2.75, 3.05) is 0 Å². The lowest BCUT2D eigenvalue weighted by Gasteiger charge is -1.98. The summed E-state index contributed by atoms with van der Waals surface area (Å²) in [6.45, 7) is 1.88. The molecule has 1 fully saturated rings. The standard InChI is InChI=1S/C11H10N2O3S2/c1-6-5-8(10(14)15-6)18-11-13-12-9(16-11)7-3-2-4-17-7/h2-4,6,8H,5H2,1H3/t6-,8-/m0/s1. The van der Waals surface area contributed by atoms with E-state index >= 15 is 0 Å². The summed E-state index contributed by atoms with van der Waals surface area (Å²) >= 11 is 2.81. The third-order valence-electron chi connectivity index (χ3n) is 2.51. The fourth-order valence-corrected chi connectivity index (χ4v) is 3.32. The van der Waals surface area contributed by atoms with E-state index in [-0.39, 0.29) is 17.3 Å². The van der Waals surface area contributed by atoms with Crippen LogP contribution in [-0.4, -0.2) is 27.5 Å². The highest BCUT2D eigenvalue weighted by Crippen LogP contribution is 2.33. The molecular formula is C11H10N2O3S2. The molecule has 0 spiro atoms. The molecule has 0 bridgehead atoms. The highest BCUT2D eigenvalue weighted by atomic mass is 32.2. The number of carbonyl (C=O) groups is 1. The number of hydrogen-bond donors (Lipinski definition) is 0. The average Bonchev–Trinajstić information content (AvgIpc) is 3.02. The van der Waals surface area contributed by atoms with E-state index in [1.54, 1.807) is 0 Å². The van der Waals surface area contributed by atoms with Gasteiger partial charge in [0, 0.05) is 6.42 Å². The molecular weight excluding hydrogens is 272 g/mol. The first-order valence-corrected chi connectivity index (χ1v) is 7.23. The number of aromatic nitrogens is 2. The molecule has 3 heterocycles. The van der Waals surface area contributed by atoms with Gasteiger partial charge < -0.3 is 9.15 Å². The quantitative estimate of drug-likeness (QED) is 0.806. The SMILES string of the molecule is C[C@H]1C[C@H](Sc2nnc(-c3cccs3)o2)C(=O)O1. The van der Waals surface area contributed by atoms with Crippen molar-refractivity contribution in [3.05, 3.63) is 17.5 Å². The molecule has 5 nitrogen and oxygen atoms in total. The molecule has 0 radical (unpaired) electrons. The minimum absolute atomic E-state index is 0.0327. The third-order valence-corrected chi connectivity index (χ3v) is 4.40. The molecule has 0 amide bonds. The summed E-state index contributed by atoms with van der Waals surface area (Å²) in [6, 6.07) is 3.84. The van der Waals surface area contributed by atoms with E-state index in [9.17, 15) is 4.79 Å². The van der Waals surface area contributed by atoms with Crippen LogP contribution in [-0.2, 0) is 9.53 Å². The van der Waals surface area contributed by atoms with E-state index < -0.39 is 0 Å². The molecule has 2 atom stereocenters. The first-order valence-electron chi connectivity index (χ1n) is 5.47. The molecule has 0 aromatic carbocycles. The summed E-state index contributed by atoms with van der Waals surface area (Å²) < 4.78 is 10.6. The number of cyclic esters (lactones) is 1. The number of thiophene rings is 1. The Morgan fingerprint density at radius 2 is 2.39 bits per heavy atom. The molecule has 7 heteroatoms. The monoisotopic (exact) mass is 282 g/mol. The Morgan fingerprint density at radius 3 is 3.06 bits per heavy atom. The highest BCUT2D eigenvalue weighted by Gasteiger charge is 2.34. The van der Waals surface area contributed by atoms with Crippen molar-refractivity contribution < 1.29 is 13.9 Å². The predicted octanol–water partition coefficient (Wildman–Crippen LogP) is 2.59. The van der Waals surface area contributed by atoms with Crippen LogP contribution in [0, 0.1) is 0 Å². The van der Waals surface area contributed by atoms with Gasteiger partial charge in [-0.05, 0) is 30.1 Å². The Morgan fingerprint density at radius 1 is 1.50 bits per heavy atom. The van der Waals surface area contributed by atoms with Crippen molar-refractivity contribution in [1.82, 2.24) is 10.2 Å². The zero-order valence-corrected chi connectivity index (χ0v) is 11.2. The first-order chi connectivity index (χ1) is 8.72. The van der Waals surface area contributed by atoms with Crippen LogP contribution in [0.3, 0.4) is 0 Å². The lowest BCUT2D eigenvalue weighted by molar-refractivity contribution is -0.140. The molecule has 94 valence electrons. The molecule has 0 aliphatic carbocycles. The molecule has 3 rings (SSSR count). The van der Waals surface area contributed by atoms with Crippen molar-refractivity contribution in [3.8, 4) is 10.8 Å². The fraction of sp³-hybridized carbons (Fsp3) is 0.364. The molecule has 2 aromatic rings. The van der Waals surface area contributed by atoms with Crippen LogP contribution < -0.4 is 0 Å². The normalized spacial score (nSPS) is 23.3. The molecule has 18 heavy (non-hydrogen) atoms. The molecule has 0 N–H and O–H groups in total. The van der Waals surface area contributed by atoms with Gasteiger partial charge in [0.1, 0.15) is 11.4 Å². The first kappa shape index (κ1) is 11.7. The van der Waals surface area contributed by atoms with Gasteiger partial charge >= 0.3 is 5.97 Å². The van der Waals surface area contributed by atoms with Crippen LogP contribution in [0.15, 0.2) is 27.2 Å². The molecule has 1 saturated heterocycles. The van der Waals surface area contributed by atoms with Crippen molar-refractivity contribution in [1.29, 1.82) is 0 Å². The van der Waals surface area contributed by atoms with Gasteiger partial charge in [0.2, 0.25) is 0 Å². The third kappa shape index (κ3) is 2.28. The number of ether oxygens (including phenoxy) is 1.